The fourth-order valence-electron chi connectivity index (χ4n) is 3.52. The number of hydrogen-bond donors (Lipinski definition) is 2. The molecular weight excluding hydrogens is 407 g/mol. The molecule has 1 atom stereocenters. The molecule has 0 aromatic heterocycles. The number of carbonyl (C=O) groups excluding carboxylic acids is 1. The molecule has 9 heteroatoms. The summed E-state index contributed by atoms with van der Waals surface area (Å²) >= 11 is 12.0. The van der Waals surface area contributed by atoms with Crippen molar-refractivity contribution in [2.24, 2.45) is 0 Å². The van der Waals surface area contributed by atoms with E-state index in [0.717, 1.165) is 25.1 Å². The Morgan fingerprint density at radius 1 is 0.964 bits per heavy atom. The largest absolute Gasteiger partial charge is 0.473 e. The zero-order valence-electron chi connectivity index (χ0n) is 15.4. The molecule has 7 nitrogen and oxygen atoms in total. The lowest BCUT2D eigenvalue weighted by Gasteiger charge is -2.37. The van der Waals surface area contributed by atoms with Crippen LogP contribution in [0.25, 0.3) is 0 Å². The predicted octanol–water partition coefficient (Wildman–Crippen LogP) is 2.78. The van der Waals surface area contributed by atoms with Gasteiger partial charge in [-0.2, -0.15) is 0 Å². The lowest BCUT2D eigenvalue weighted by molar-refractivity contribution is -0.159. The van der Waals surface area contributed by atoms with Gasteiger partial charge in [0.15, 0.2) is 0 Å². The van der Waals surface area contributed by atoms with Crippen LogP contribution in [0.5, 0.6) is 0 Å². The number of hydrogen-bond acceptors (Lipinski definition) is 4. The smallest absolute Gasteiger partial charge is 0.414 e. The summed E-state index contributed by atoms with van der Waals surface area (Å²) in [5.41, 5.74) is 0.933. The average Bonchev–Trinajstić information content (AvgIpc) is 3.20. The Labute approximate surface area is 173 Å². The van der Waals surface area contributed by atoms with Crippen LogP contribution < -0.4 is 0 Å². The second-order valence-electron chi connectivity index (χ2n) is 6.91. The number of carbonyl (C=O) groups is 3. The van der Waals surface area contributed by atoms with E-state index in [1.165, 1.54) is 32.4 Å². The third-order valence-electron chi connectivity index (χ3n) is 4.93. The fraction of sp³-hybridized carbons (Fsp3) is 0.526. The summed E-state index contributed by atoms with van der Waals surface area (Å²) in [4.78, 5) is 35.3. The van der Waals surface area contributed by atoms with Crippen LogP contribution in [0.2, 0.25) is 10.0 Å². The van der Waals surface area contributed by atoms with E-state index in [-0.39, 0.29) is 5.91 Å². The molecule has 2 heterocycles. The third kappa shape index (κ3) is 6.65. The van der Waals surface area contributed by atoms with Crippen LogP contribution >= 0.6 is 23.2 Å². The normalized spacial score (nSPS) is 19.6. The van der Waals surface area contributed by atoms with Gasteiger partial charge in [-0.15, -0.1) is 0 Å². The second-order valence-corrected chi connectivity index (χ2v) is 7.73. The molecule has 1 aromatic rings. The molecule has 154 valence electrons. The van der Waals surface area contributed by atoms with E-state index in [1.54, 1.807) is 12.1 Å². The molecule has 2 saturated heterocycles. The van der Waals surface area contributed by atoms with Crippen molar-refractivity contribution in [2.75, 3.05) is 26.2 Å². The minimum atomic E-state index is -1.82. The highest BCUT2D eigenvalue weighted by Crippen LogP contribution is 2.24. The number of carboxylic acids is 2. The standard InChI is InChI=1S/C17H22Cl2N2O.C2H2O4/c18-15-6-5-13(10-16(15)19)11-17(22)21-9-3-4-14(12-21)20-7-1-2-8-20;3-1(4)2(5)6/h5-6,10,14H,1-4,7-9,11-12H2;(H,3,4)(H,5,6). The molecule has 2 aliphatic rings. The monoisotopic (exact) mass is 430 g/mol. The Morgan fingerprint density at radius 3 is 2.18 bits per heavy atom. The van der Waals surface area contributed by atoms with Crippen LogP contribution in [0.15, 0.2) is 18.2 Å². The van der Waals surface area contributed by atoms with Crippen LogP contribution in [-0.4, -0.2) is 70.1 Å². The van der Waals surface area contributed by atoms with Crippen molar-refractivity contribution in [3.05, 3.63) is 33.8 Å². The summed E-state index contributed by atoms with van der Waals surface area (Å²) in [6, 6.07) is 5.99. The molecule has 0 radical (unpaired) electrons. The molecule has 0 saturated carbocycles. The maximum atomic E-state index is 12.6. The van der Waals surface area contributed by atoms with Crippen molar-refractivity contribution in [2.45, 2.75) is 38.1 Å². The van der Waals surface area contributed by atoms with Gasteiger partial charge in [-0.25, -0.2) is 9.59 Å². The maximum Gasteiger partial charge on any atom is 0.414 e. The number of likely N-dealkylation sites (tertiary alicyclic amines) is 2. The van der Waals surface area contributed by atoms with Crippen molar-refractivity contribution in [3.8, 4) is 0 Å². The average molecular weight is 431 g/mol. The predicted molar refractivity (Wildman–Crippen MR) is 106 cm³/mol. The molecule has 0 aliphatic carbocycles. The van der Waals surface area contributed by atoms with Crippen LogP contribution in [0.1, 0.15) is 31.2 Å². The Bertz CT molecular complexity index is 710. The van der Waals surface area contributed by atoms with Gasteiger partial charge in [0.05, 0.1) is 16.5 Å². The highest BCUT2D eigenvalue weighted by Gasteiger charge is 2.29. The van der Waals surface area contributed by atoms with Gasteiger partial charge < -0.3 is 15.1 Å². The Morgan fingerprint density at radius 2 is 1.61 bits per heavy atom. The summed E-state index contributed by atoms with van der Waals surface area (Å²) in [6.45, 7) is 4.14. The number of halogens is 2. The molecule has 0 spiro atoms. The Kier molecular flexibility index (Phi) is 8.54. The molecule has 1 unspecified atom stereocenters. The first kappa shape index (κ1) is 22.5. The summed E-state index contributed by atoms with van der Waals surface area (Å²) in [6.07, 6.45) is 5.33. The third-order valence-corrected chi connectivity index (χ3v) is 5.67. The van der Waals surface area contributed by atoms with E-state index in [4.69, 9.17) is 43.0 Å². The number of aliphatic carboxylic acids is 2. The topological polar surface area (TPSA) is 98.2 Å². The molecule has 2 fully saturated rings. The van der Waals surface area contributed by atoms with Gasteiger partial charge in [0.2, 0.25) is 5.91 Å². The number of nitrogens with zero attached hydrogens (tertiary/aromatic N) is 2. The SMILES string of the molecule is O=C(Cc1ccc(Cl)c(Cl)c1)N1CCCC(N2CCCC2)C1.O=C(O)C(=O)O. The van der Waals surface area contributed by atoms with Crippen LogP contribution in [-0.2, 0) is 20.8 Å². The number of amides is 1. The molecule has 1 amide bonds. The number of carboxylic acid groups (broad SMARTS) is 2. The molecular formula is C19H24Cl2N2O5. The van der Waals surface area contributed by atoms with Crippen molar-refractivity contribution in [1.29, 1.82) is 0 Å². The maximum absolute atomic E-state index is 12.6. The van der Waals surface area contributed by atoms with Gasteiger partial charge in [-0.3, -0.25) is 9.69 Å². The van der Waals surface area contributed by atoms with Crippen LogP contribution in [0.3, 0.4) is 0 Å². The van der Waals surface area contributed by atoms with E-state index in [9.17, 15) is 4.79 Å². The van der Waals surface area contributed by atoms with Gasteiger partial charge in [-0.1, -0.05) is 29.3 Å². The zero-order chi connectivity index (χ0) is 20.7. The Hall–Kier alpha value is -1.83. The second kappa shape index (κ2) is 10.6. The van der Waals surface area contributed by atoms with Crippen molar-refractivity contribution >= 4 is 41.0 Å². The van der Waals surface area contributed by atoms with Crippen LogP contribution in [0.4, 0.5) is 0 Å². The highest BCUT2D eigenvalue weighted by molar-refractivity contribution is 6.42. The minimum Gasteiger partial charge on any atom is -0.473 e. The number of benzene rings is 1. The lowest BCUT2D eigenvalue weighted by Crippen LogP contribution is -2.49. The zero-order valence-corrected chi connectivity index (χ0v) is 17.0. The van der Waals surface area contributed by atoms with Crippen molar-refractivity contribution < 1.29 is 24.6 Å². The quantitative estimate of drug-likeness (QED) is 0.715. The summed E-state index contributed by atoms with van der Waals surface area (Å²) < 4.78 is 0. The molecule has 3 rings (SSSR count). The van der Waals surface area contributed by atoms with E-state index in [1.807, 2.05) is 11.0 Å². The first-order valence-electron chi connectivity index (χ1n) is 9.20. The van der Waals surface area contributed by atoms with E-state index in [0.29, 0.717) is 22.5 Å². The first-order valence-corrected chi connectivity index (χ1v) is 9.95. The fourth-order valence-corrected chi connectivity index (χ4v) is 3.84. The van der Waals surface area contributed by atoms with E-state index < -0.39 is 11.9 Å². The van der Waals surface area contributed by atoms with Crippen LogP contribution in [0, 0.1) is 0 Å². The molecule has 1 aromatic carbocycles. The molecule has 28 heavy (non-hydrogen) atoms. The van der Waals surface area contributed by atoms with Crippen molar-refractivity contribution in [3.63, 3.8) is 0 Å². The minimum absolute atomic E-state index is 0.197. The van der Waals surface area contributed by atoms with Gasteiger partial charge in [-0.05, 0) is 56.5 Å². The first-order chi connectivity index (χ1) is 13.3. The highest BCUT2D eigenvalue weighted by atomic mass is 35.5. The van der Waals surface area contributed by atoms with Crippen molar-refractivity contribution in [1.82, 2.24) is 9.80 Å². The Balaban J connectivity index is 0.000000409. The van der Waals surface area contributed by atoms with E-state index in [2.05, 4.69) is 4.90 Å². The number of rotatable bonds is 3. The lowest BCUT2D eigenvalue weighted by atomic mass is 10.0. The number of piperidine rings is 1. The summed E-state index contributed by atoms with van der Waals surface area (Å²) in [5, 5.41) is 15.8. The van der Waals surface area contributed by atoms with Gasteiger partial charge in [0, 0.05) is 19.1 Å². The van der Waals surface area contributed by atoms with Gasteiger partial charge in [0.25, 0.3) is 0 Å². The summed E-state index contributed by atoms with van der Waals surface area (Å²) in [7, 11) is 0. The summed E-state index contributed by atoms with van der Waals surface area (Å²) in [5.74, 6) is -3.45. The molecule has 2 N–H and O–H groups in total. The van der Waals surface area contributed by atoms with Gasteiger partial charge in [0.1, 0.15) is 0 Å². The molecule has 2 aliphatic heterocycles. The molecule has 0 bridgehead atoms. The van der Waals surface area contributed by atoms with E-state index >= 15 is 0 Å². The van der Waals surface area contributed by atoms with Gasteiger partial charge >= 0.3 is 11.9 Å².